The molecule has 2 heteroatoms. The maximum Gasteiger partial charge on any atom is 0.0800 e. The number of aryl methyl sites for hydroxylation is 1. The van der Waals surface area contributed by atoms with Crippen molar-refractivity contribution in [1.29, 1.82) is 0 Å². The third-order valence-corrected chi connectivity index (χ3v) is 2.76. The van der Waals surface area contributed by atoms with E-state index in [1.807, 2.05) is 25.1 Å². The predicted octanol–water partition coefficient (Wildman–Crippen LogP) is 3.59. The van der Waals surface area contributed by atoms with Gasteiger partial charge in [0, 0.05) is 4.47 Å². The lowest BCUT2D eigenvalue weighted by atomic mass is 10.0. The first-order valence-electron chi connectivity index (χ1n) is 4.59. The molecule has 0 aliphatic rings. The Morgan fingerprint density at radius 2 is 2.15 bits per heavy atom. The van der Waals surface area contributed by atoms with E-state index in [9.17, 15) is 5.11 Å². The summed E-state index contributed by atoms with van der Waals surface area (Å²) in [6, 6.07) is 6.05. The molecule has 1 rings (SSSR count). The normalized spacial score (nSPS) is 12.9. The van der Waals surface area contributed by atoms with Gasteiger partial charge in [-0.15, -0.1) is 0 Å². The molecule has 72 valence electrons. The van der Waals surface area contributed by atoms with Gasteiger partial charge < -0.3 is 5.11 Å². The second kappa shape index (κ2) is 4.77. The number of aliphatic hydroxyl groups excluding tert-OH is 1. The van der Waals surface area contributed by atoms with Crippen molar-refractivity contribution in [2.24, 2.45) is 0 Å². The molecule has 0 radical (unpaired) electrons. The molecule has 0 bridgehead atoms. The lowest BCUT2D eigenvalue weighted by molar-refractivity contribution is 0.165. The van der Waals surface area contributed by atoms with Crippen LogP contribution in [0.15, 0.2) is 22.7 Å². The Kier molecular flexibility index (Phi) is 3.94. The number of hydrogen-bond acceptors (Lipinski definition) is 1. The summed E-state index contributed by atoms with van der Waals surface area (Å²) in [6.45, 7) is 4.12. The number of benzene rings is 1. The molecule has 0 spiro atoms. The molecule has 13 heavy (non-hydrogen) atoms. The molecule has 0 saturated carbocycles. The lowest BCUT2D eigenvalue weighted by Crippen LogP contribution is -1.97. The summed E-state index contributed by atoms with van der Waals surface area (Å²) >= 11 is 3.46. The maximum absolute atomic E-state index is 9.76. The van der Waals surface area contributed by atoms with Crippen LogP contribution in [0.25, 0.3) is 0 Å². The van der Waals surface area contributed by atoms with Gasteiger partial charge in [0.2, 0.25) is 0 Å². The zero-order chi connectivity index (χ0) is 9.84. The minimum Gasteiger partial charge on any atom is -0.388 e. The van der Waals surface area contributed by atoms with Gasteiger partial charge in [0.15, 0.2) is 0 Å². The molecule has 1 nitrogen and oxygen atoms in total. The van der Waals surface area contributed by atoms with Crippen LogP contribution in [0.2, 0.25) is 0 Å². The Bertz CT molecular complexity index is 283. The van der Waals surface area contributed by atoms with Gasteiger partial charge in [0.05, 0.1) is 6.10 Å². The summed E-state index contributed by atoms with van der Waals surface area (Å²) in [4.78, 5) is 0. The number of rotatable bonds is 3. The third-order valence-electron chi connectivity index (χ3n) is 2.08. The minimum absolute atomic E-state index is 0.333. The van der Waals surface area contributed by atoms with Gasteiger partial charge in [-0.1, -0.05) is 41.4 Å². The van der Waals surface area contributed by atoms with Gasteiger partial charge in [-0.25, -0.2) is 0 Å². The number of hydrogen-bond donors (Lipinski definition) is 1. The van der Waals surface area contributed by atoms with E-state index in [2.05, 4.69) is 22.9 Å². The Labute approximate surface area is 87.9 Å². The Morgan fingerprint density at radius 3 is 2.69 bits per heavy atom. The van der Waals surface area contributed by atoms with Gasteiger partial charge >= 0.3 is 0 Å². The van der Waals surface area contributed by atoms with E-state index < -0.39 is 0 Å². The van der Waals surface area contributed by atoms with Crippen LogP contribution in [-0.2, 0) is 0 Å². The van der Waals surface area contributed by atoms with E-state index in [1.165, 1.54) is 5.56 Å². The molecular formula is C11H15BrO. The van der Waals surface area contributed by atoms with Crippen LogP contribution in [-0.4, -0.2) is 5.11 Å². The average Bonchev–Trinajstić information content (AvgIpc) is 2.04. The number of halogens is 1. The summed E-state index contributed by atoms with van der Waals surface area (Å²) in [7, 11) is 0. The predicted molar refractivity (Wildman–Crippen MR) is 58.7 cm³/mol. The Morgan fingerprint density at radius 1 is 1.46 bits per heavy atom. The molecular weight excluding hydrogens is 228 g/mol. The molecule has 0 aliphatic carbocycles. The van der Waals surface area contributed by atoms with E-state index in [4.69, 9.17) is 0 Å². The summed E-state index contributed by atoms with van der Waals surface area (Å²) in [6.07, 6.45) is 1.49. The van der Waals surface area contributed by atoms with Crippen molar-refractivity contribution in [3.8, 4) is 0 Å². The monoisotopic (exact) mass is 242 g/mol. The molecule has 0 amide bonds. The standard InChI is InChI=1S/C11H15BrO/c1-3-4-11(13)9-6-5-8(2)7-10(9)12/h5-7,11,13H,3-4H2,1-2H3/t11-/m0/s1. The van der Waals surface area contributed by atoms with Crippen molar-refractivity contribution < 1.29 is 5.11 Å². The maximum atomic E-state index is 9.76. The van der Waals surface area contributed by atoms with Crippen LogP contribution >= 0.6 is 15.9 Å². The second-order valence-electron chi connectivity index (χ2n) is 3.33. The SMILES string of the molecule is CCC[C@H](O)c1ccc(C)cc1Br. The fourth-order valence-corrected chi connectivity index (χ4v) is 2.09. The highest BCUT2D eigenvalue weighted by Crippen LogP contribution is 2.27. The Balaban J connectivity index is 2.88. The zero-order valence-corrected chi connectivity index (χ0v) is 9.63. The van der Waals surface area contributed by atoms with Gasteiger partial charge in [-0.3, -0.25) is 0 Å². The summed E-state index contributed by atoms with van der Waals surface area (Å²) in [5, 5.41) is 9.76. The highest BCUT2D eigenvalue weighted by molar-refractivity contribution is 9.10. The van der Waals surface area contributed by atoms with Crippen LogP contribution in [0.3, 0.4) is 0 Å². The van der Waals surface area contributed by atoms with E-state index in [1.54, 1.807) is 0 Å². The van der Waals surface area contributed by atoms with Crippen molar-refractivity contribution in [2.75, 3.05) is 0 Å². The summed E-state index contributed by atoms with van der Waals surface area (Å²) < 4.78 is 1.01. The van der Waals surface area contributed by atoms with Crippen LogP contribution < -0.4 is 0 Å². The Hall–Kier alpha value is -0.340. The lowest BCUT2D eigenvalue weighted by Gasteiger charge is -2.11. The van der Waals surface area contributed by atoms with Crippen molar-refractivity contribution in [1.82, 2.24) is 0 Å². The molecule has 1 N–H and O–H groups in total. The second-order valence-corrected chi connectivity index (χ2v) is 4.18. The molecule has 0 aromatic heterocycles. The first kappa shape index (κ1) is 10.7. The highest BCUT2D eigenvalue weighted by Gasteiger charge is 2.09. The highest BCUT2D eigenvalue weighted by atomic mass is 79.9. The molecule has 0 aliphatic heterocycles. The molecule has 1 aromatic carbocycles. The molecule has 1 aromatic rings. The van der Waals surface area contributed by atoms with E-state index in [0.717, 1.165) is 22.9 Å². The van der Waals surface area contributed by atoms with Gasteiger partial charge in [0.25, 0.3) is 0 Å². The molecule has 0 fully saturated rings. The molecule has 0 unspecified atom stereocenters. The van der Waals surface area contributed by atoms with Crippen molar-refractivity contribution in [3.63, 3.8) is 0 Å². The summed E-state index contributed by atoms with van der Waals surface area (Å²) in [5.41, 5.74) is 2.20. The fourth-order valence-electron chi connectivity index (χ4n) is 1.33. The van der Waals surface area contributed by atoms with Gasteiger partial charge in [-0.2, -0.15) is 0 Å². The van der Waals surface area contributed by atoms with Crippen molar-refractivity contribution in [2.45, 2.75) is 32.8 Å². The van der Waals surface area contributed by atoms with Gasteiger partial charge in [0.1, 0.15) is 0 Å². The number of aliphatic hydroxyl groups is 1. The first-order valence-corrected chi connectivity index (χ1v) is 5.38. The smallest absolute Gasteiger partial charge is 0.0800 e. The van der Waals surface area contributed by atoms with Crippen molar-refractivity contribution >= 4 is 15.9 Å². The molecule has 0 heterocycles. The van der Waals surface area contributed by atoms with Crippen LogP contribution in [0, 0.1) is 6.92 Å². The van der Waals surface area contributed by atoms with E-state index in [0.29, 0.717) is 0 Å². The molecule has 0 saturated heterocycles. The zero-order valence-electron chi connectivity index (χ0n) is 8.05. The van der Waals surface area contributed by atoms with Gasteiger partial charge in [-0.05, 0) is 30.5 Å². The average molecular weight is 243 g/mol. The fraction of sp³-hybridized carbons (Fsp3) is 0.455. The first-order chi connectivity index (χ1) is 6.15. The summed E-state index contributed by atoms with van der Waals surface area (Å²) in [5.74, 6) is 0. The quantitative estimate of drug-likeness (QED) is 0.860. The van der Waals surface area contributed by atoms with Crippen LogP contribution in [0.4, 0.5) is 0 Å². The van der Waals surface area contributed by atoms with E-state index >= 15 is 0 Å². The third kappa shape index (κ3) is 2.82. The molecule has 1 atom stereocenters. The largest absolute Gasteiger partial charge is 0.388 e. The minimum atomic E-state index is -0.333. The van der Waals surface area contributed by atoms with E-state index in [-0.39, 0.29) is 6.10 Å². The van der Waals surface area contributed by atoms with Crippen molar-refractivity contribution in [3.05, 3.63) is 33.8 Å². The van der Waals surface area contributed by atoms with Crippen LogP contribution in [0.5, 0.6) is 0 Å². The topological polar surface area (TPSA) is 20.2 Å². The van der Waals surface area contributed by atoms with Crippen LogP contribution in [0.1, 0.15) is 37.0 Å².